The number of carbonyl (C=O) groups excluding carboxylic acids is 2. The number of hydrogen-bond acceptors (Lipinski definition) is 3. The summed E-state index contributed by atoms with van der Waals surface area (Å²) in [4.78, 5) is 29.6. The monoisotopic (exact) mass is 507 g/mol. The van der Waals surface area contributed by atoms with Crippen molar-refractivity contribution >= 4 is 11.8 Å². The van der Waals surface area contributed by atoms with Gasteiger partial charge in [0.1, 0.15) is 0 Å². The third-order valence-corrected chi connectivity index (χ3v) is 8.58. The van der Waals surface area contributed by atoms with Crippen molar-refractivity contribution in [2.45, 2.75) is 64.5 Å². The molecule has 196 valence electrons. The molecule has 5 nitrogen and oxygen atoms in total. The summed E-state index contributed by atoms with van der Waals surface area (Å²) in [6, 6.07) is 23.1. The number of carbonyl (C=O) groups is 2. The van der Waals surface area contributed by atoms with E-state index in [4.69, 9.17) is 0 Å². The summed E-state index contributed by atoms with van der Waals surface area (Å²) in [5.41, 5.74) is 8.02. The Morgan fingerprint density at radius 2 is 1.58 bits per heavy atom. The Balaban J connectivity index is 1.24. The van der Waals surface area contributed by atoms with Crippen molar-refractivity contribution in [1.82, 2.24) is 14.9 Å². The molecule has 6 rings (SSSR count). The Bertz CT molecular complexity index is 1360. The largest absolute Gasteiger partial charge is 0.331 e. The predicted molar refractivity (Wildman–Crippen MR) is 151 cm³/mol. The number of benzene rings is 3. The van der Waals surface area contributed by atoms with Crippen LogP contribution in [0.3, 0.4) is 0 Å². The van der Waals surface area contributed by atoms with E-state index < -0.39 is 0 Å². The number of rotatable bonds is 7. The molecule has 5 heteroatoms. The van der Waals surface area contributed by atoms with Gasteiger partial charge >= 0.3 is 0 Å². The maximum absolute atomic E-state index is 14.5. The SMILES string of the molecule is CCCc1cccc2c1C(C(=O)N(CCC)N1CCC(N3Cc4ccccc4C3=O)CC1)c1ccccc1-2. The Morgan fingerprint density at radius 3 is 2.32 bits per heavy atom. The second-order valence-corrected chi connectivity index (χ2v) is 10.9. The topological polar surface area (TPSA) is 43.9 Å². The number of aryl methyl sites for hydroxylation is 1. The van der Waals surface area contributed by atoms with E-state index in [0.717, 1.165) is 61.9 Å². The molecule has 1 saturated heterocycles. The highest BCUT2D eigenvalue weighted by Crippen LogP contribution is 2.47. The van der Waals surface area contributed by atoms with Crippen molar-refractivity contribution in [2.24, 2.45) is 0 Å². The smallest absolute Gasteiger partial charge is 0.254 e. The van der Waals surface area contributed by atoms with Gasteiger partial charge < -0.3 is 4.90 Å². The highest BCUT2D eigenvalue weighted by molar-refractivity contribution is 5.98. The normalized spacial score (nSPS) is 18.8. The van der Waals surface area contributed by atoms with Crippen LogP contribution < -0.4 is 0 Å². The number of hydrogen-bond donors (Lipinski definition) is 0. The Kier molecular flexibility index (Phi) is 6.79. The molecule has 0 aromatic heterocycles. The molecule has 1 atom stereocenters. The van der Waals surface area contributed by atoms with Crippen LogP contribution >= 0.6 is 0 Å². The van der Waals surface area contributed by atoms with Crippen LogP contribution in [0.4, 0.5) is 0 Å². The highest BCUT2D eigenvalue weighted by atomic mass is 16.2. The van der Waals surface area contributed by atoms with E-state index in [1.165, 1.54) is 22.3 Å². The fraction of sp³-hybridized carbons (Fsp3) is 0.394. The fourth-order valence-electron chi connectivity index (χ4n) is 6.81. The van der Waals surface area contributed by atoms with Crippen molar-refractivity contribution in [2.75, 3.05) is 19.6 Å². The van der Waals surface area contributed by atoms with E-state index in [1.54, 1.807) is 0 Å². The molecule has 1 fully saturated rings. The van der Waals surface area contributed by atoms with Crippen LogP contribution in [-0.2, 0) is 17.8 Å². The standard InChI is InChI=1S/C33H37N3O2/c1-3-10-23-12-9-16-28-27-14-7-8-15-29(27)31(30(23)28)33(38)36(19-4-2)34-20-17-25(18-21-34)35-22-24-11-5-6-13-26(24)32(35)37/h5-9,11-16,25,31H,3-4,10,17-22H2,1-2H3. The molecule has 3 aliphatic rings. The quantitative estimate of drug-likeness (QED) is 0.393. The van der Waals surface area contributed by atoms with Gasteiger partial charge in [0.25, 0.3) is 5.91 Å². The summed E-state index contributed by atoms with van der Waals surface area (Å²) in [6.07, 6.45) is 4.70. The maximum atomic E-state index is 14.5. The first-order valence-corrected chi connectivity index (χ1v) is 14.3. The molecule has 0 bridgehead atoms. The number of amides is 2. The number of piperidine rings is 1. The molecule has 2 aliphatic heterocycles. The minimum atomic E-state index is -0.261. The summed E-state index contributed by atoms with van der Waals surface area (Å²) in [5.74, 6) is 0.0794. The summed E-state index contributed by atoms with van der Waals surface area (Å²) in [5, 5.41) is 4.30. The molecule has 0 radical (unpaired) electrons. The van der Waals surface area contributed by atoms with Crippen LogP contribution in [0.15, 0.2) is 66.7 Å². The van der Waals surface area contributed by atoms with Crippen LogP contribution in [0, 0.1) is 0 Å². The minimum absolute atomic E-state index is 0.156. The molecule has 0 spiro atoms. The highest BCUT2D eigenvalue weighted by Gasteiger charge is 2.41. The zero-order valence-corrected chi connectivity index (χ0v) is 22.5. The van der Waals surface area contributed by atoms with Crippen LogP contribution in [0.1, 0.15) is 78.1 Å². The van der Waals surface area contributed by atoms with E-state index >= 15 is 0 Å². The molecule has 0 saturated carbocycles. The van der Waals surface area contributed by atoms with E-state index in [-0.39, 0.29) is 23.8 Å². The second kappa shape index (κ2) is 10.4. The lowest BCUT2D eigenvalue weighted by Gasteiger charge is -2.42. The van der Waals surface area contributed by atoms with Gasteiger partial charge in [-0.25, -0.2) is 5.01 Å². The van der Waals surface area contributed by atoms with Crippen LogP contribution in [0.25, 0.3) is 11.1 Å². The Morgan fingerprint density at radius 1 is 0.868 bits per heavy atom. The van der Waals surface area contributed by atoms with Crippen molar-refractivity contribution < 1.29 is 9.59 Å². The number of hydrazine groups is 1. The summed E-state index contributed by atoms with van der Waals surface area (Å²) >= 11 is 0. The molecule has 1 aliphatic carbocycles. The summed E-state index contributed by atoms with van der Waals surface area (Å²) in [7, 11) is 0. The van der Waals surface area contributed by atoms with Gasteiger partial charge in [-0.05, 0) is 65.1 Å². The lowest BCUT2D eigenvalue weighted by Crippen LogP contribution is -2.54. The van der Waals surface area contributed by atoms with E-state index in [2.05, 4.69) is 72.3 Å². The van der Waals surface area contributed by atoms with Gasteiger partial charge in [-0.1, -0.05) is 80.9 Å². The Hall–Kier alpha value is -3.44. The van der Waals surface area contributed by atoms with Gasteiger partial charge in [0.15, 0.2) is 0 Å². The van der Waals surface area contributed by atoms with Gasteiger partial charge in [0, 0.05) is 37.8 Å². The number of fused-ring (bicyclic) bond motifs is 4. The van der Waals surface area contributed by atoms with Gasteiger partial charge in [-0.3, -0.25) is 14.6 Å². The third-order valence-electron chi connectivity index (χ3n) is 8.58. The lowest BCUT2D eigenvalue weighted by atomic mass is 9.90. The fourth-order valence-corrected chi connectivity index (χ4v) is 6.81. The van der Waals surface area contributed by atoms with Gasteiger partial charge in [-0.2, -0.15) is 0 Å². The van der Waals surface area contributed by atoms with Crippen molar-refractivity contribution in [3.05, 3.63) is 94.5 Å². The number of nitrogens with zero attached hydrogens (tertiary/aromatic N) is 3. The first-order valence-electron chi connectivity index (χ1n) is 14.3. The molecule has 3 aromatic carbocycles. The first kappa shape index (κ1) is 24.9. The first-order chi connectivity index (χ1) is 18.6. The molecular formula is C33H37N3O2. The molecule has 2 amide bonds. The van der Waals surface area contributed by atoms with Crippen LogP contribution in [0.2, 0.25) is 0 Å². The van der Waals surface area contributed by atoms with Gasteiger partial charge in [0.2, 0.25) is 5.91 Å². The average Bonchev–Trinajstić information content (AvgIpc) is 3.47. The van der Waals surface area contributed by atoms with Crippen molar-refractivity contribution in [1.29, 1.82) is 0 Å². The second-order valence-electron chi connectivity index (χ2n) is 10.9. The molecule has 38 heavy (non-hydrogen) atoms. The van der Waals surface area contributed by atoms with Crippen molar-refractivity contribution in [3.8, 4) is 11.1 Å². The third kappa shape index (κ3) is 4.14. The summed E-state index contributed by atoms with van der Waals surface area (Å²) in [6.45, 7) is 7.33. The van der Waals surface area contributed by atoms with Gasteiger partial charge in [0.05, 0.1) is 5.92 Å². The van der Waals surface area contributed by atoms with E-state index in [1.807, 2.05) is 23.2 Å². The zero-order valence-electron chi connectivity index (χ0n) is 22.5. The predicted octanol–water partition coefficient (Wildman–Crippen LogP) is 6.03. The van der Waals surface area contributed by atoms with Gasteiger partial charge in [-0.15, -0.1) is 0 Å². The van der Waals surface area contributed by atoms with E-state index in [9.17, 15) is 9.59 Å². The Labute approximate surface area is 226 Å². The zero-order chi connectivity index (χ0) is 26.2. The van der Waals surface area contributed by atoms with Crippen LogP contribution in [-0.4, -0.2) is 52.4 Å². The minimum Gasteiger partial charge on any atom is -0.331 e. The lowest BCUT2D eigenvalue weighted by molar-refractivity contribution is -0.153. The summed E-state index contributed by atoms with van der Waals surface area (Å²) < 4.78 is 0. The maximum Gasteiger partial charge on any atom is 0.254 e. The average molecular weight is 508 g/mol. The molecular weight excluding hydrogens is 470 g/mol. The van der Waals surface area contributed by atoms with Crippen LogP contribution in [0.5, 0.6) is 0 Å². The molecule has 2 heterocycles. The molecule has 1 unspecified atom stereocenters. The van der Waals surface area contributed by atoms with E-state index in [0.29, 0.717) is 13.1 Å². The molecule has 0 N–H and O–H groups in total. The molecule has 3 aromatic rings. The van der Waals surface area contributed by atoms with Crippen molar-refractivity contribution in [3.63, 3.8) is 0 Å².